The van der Waals surface area contributed by atoms with E-state index >= 15 is 0 Å². The molecule has 0 bridgehead atoms. The molecule has 2 amide bonds. The third-order valence-electron chi connectivity index (χ3n) is 2.08. The van der Waals surface area contributed by atoms with Crippen LogP contribution < -0.4 is 21.5 Å². The smallest absolute Gasteiger partial charge is 0.312 e. The number of nitrogen functional groups attached to an aromatic ring is 1. The molecule has 0 atom stereocenters. The summed E-state index contributed by atoms with van der Waals surface area (Å²) in [5.74, 6) is -0.0628. The van der Waals surface area contributed by atoms with E-state index in [1.807, 2.05) is 6.92 Å². The number of amides is 2. The first-order valence-corrected chi connectivity index (χ1v) is 6.71. The zero-order chi connectivity index (χ0) is 13.8. The maximum absolute atomic E-state index is 11.8. The van der Waals surface area contributed by atoms with E-state index in [1.54, 1.807) is 0 Å². The van der Waals surface area contributed by atoms with Crippen molar-refractivity contribution in [1.82, 2.24) is 19.8 Å². The van der Waals surface area contributed by atoms with Crippen LogP contribution in [0.1, 0.15) is 6.92 Å². The van der Waals surface area contributed by atoms with Crippen LogP contribution in [-0.2, 0) is 16.6 Å². The molecule has 10 heteroatoms. The van der Waals surface area contributed by atoms with E-state index in [1.165, 1.54) is 10.9 Å². The van der Waals surface area contributed by atoms with Crippen LogP contribution in [0.4, 0.5) is 10.6 Å². The molecule has 0 aliphatic heterocycles. The van der Waals surface area contributed by atoms with E-state index in [0.29, 0.717) is 6.54 Å². The van der Waals surface area contributed by atoms with Crippen LogP contribution in [0.2, 0.25) is 0 Å². The van der Waals surface area contributed by atoms with E-state index in [2.05, 4.69) is 15.1 Å². The van der Waals surface area contributed by atoms with Gasteiger partial charge < -0.3 is 16.8 Å². The second kappa shape index (κ2) is 5.69. The minimum absolute atomic E-state index is 0.0159. The average molecular weight is 276 g/mol. The van der Waals surface area contributed by atoms with Crippen LogP contribution in [0.3, 0.4) is 0 Å². The fourth-order valence-electron chi connectivity index (χ4n) is 1.24. The standard InChI is InChI=1S/C8H16N6O3S/c1-2-14-5-6(7(9)13-14)18(16,17)12-4-3-11-8(10)15/h5,12H,2-4H2,1H3,(H2,9,13)(H3,10,11,15). The highest BCUT2D eigenvalue weighted by Crippen LogP contribution is 2.15. The number of nitrogens with one attached hydrogen (secondary N) is 2. The second-order valence-corrected chi connectivity index (χ2v) is 5.16. The Morgan fingerprint density at radius 3 is 2.67 bits per heavy atom. The number of aromatic nitrogens is 2. The Labute approximate surface area is 105 Å². The van der Waals surface area contributed by atoms with E-state index in [-0.39, 0.29) is 23.8 Å². The van der Waals surface area contributed by atoms with E-state index < -0.39 is 16.1 Å². The lowest BCUT2D eigenvalue weighted by Gasteiger charge is -2.05. The van der Waals surface area contributed by atoms with Gasteiger partial charge in [-0.25, -0.2) is 17.9 Å². The predicted molar refractivity (Wildman–Crippen MR) is 65.1 cm³/mol. The summed E-state index contributed by atoms with van der Waals surface area (Å²) in [6, 6.07) is -0.715. The van der Waals surface area contributed by atoms with Crippen molar-refractivity contribution in [1.29, 1.82) is 0 Å². The van der Waals surface area contributed by atoms with Crippen molar-refractivity contribution in [2.24, 2.45) is 5.73 Å². The Morgan fingerprint density at radius 1 is 1.50 bits per heavy atom. The van der Waals surface area contributed by atoms with Crippen molar-refractivity contribution >= 4 is 21.9 Å². The first kappa shape index (κ1) is 14.3. The molecule has 0 aromatic carbocycles. The predicted octanol–water partition coefficient (Wildman–Crippen LogP) is -1.57. The van der Waals surface area contributed by atoms with Gasteiger partial charge >= 0.3 is 6.03 Å². The van der Waals surface area contributed by atoms with Crippen LogP contribution in [0.5, 0.6) is 0 Å². The summed E-state index contributed by atoms with van der Waals surface area (Å²) in [6.45, 7) is 2.44. The SMILES string of the molecule is CCn1cc(S(=O)(=O)NCCNC(N)=O)c(N)n1. The molecule has 0 unspecified atom stereocenters. The number of hydrogen-bond acceptors (Lipinski definition) is 5. The number of nitrogens with two attached hydrogens (primary N) is 2. The van der Waals surface area contributed by atoms with Gasteiger partial charge in [0, 0.05) is 25.8 Å². The summed E-state index contributed by atoms with van der Waals surface area (Å²) in [4.78, 5) is 10.3. The number of primary amides is 1. The maximum atomic E-state index is 11.8. The number of sulfonamides is 1. The minimum atomic E-state index is -3.73. The number of carbonyl (C=O) groups excluding carboxylic acids is 1. The molecule has 0 aliphatic rings. The average Bonchev–Trinajstić information content (AvgIpc) is 2.66. The zero-order valence-electron chi connectivity index (χ0n) is 9.88. The minimum Gasteiger partial charge on any atom is -0.381 e. The van der Waals surface area contributed by atoms with Gasteiger partial charge in [-0.2, -0.15) is 5.10 Å². The van der Waals surface area contributed by atoms with Gasteiger partial charge in [0.1, 0.15) is 4.90 Å². The summed E-state index contributed by atoms with van der Waals surface area (Å²) < 4.78 is 27.4. The lowest BCUT2D eigenvalue weighted by molar-refractivity contribution is 0.249. The summed E-state index contributed by atoms with van der Waals surface area (Å²) in [5, 5.41) is 6.10. The van der Waals surface area contributed by atoms with Gasteiger partial charge in [-0.05, 0) is 6.92 Å². The van der Waals surface area contributed by atoms with Gasteiger partial charge in [0.05, 0.1) is 0 Å². The van der Waals surface area contributed by atoms with E-state index in [9.17, 15) is 13.2 Å². The molecule has 1 rings (SSSR count). The normalized spacial score (nSPS) is 11.4. The Balaban J connectivity index is 2.68. The molecule has 102 valence electrons. The summed E-state index contributed by atoms with van der Waals surface area (Å²) in [7, 11) is -3.73. The fourth-order valence-corrected chi connectivity index (χ4v) is 2.34. The number of carbonyl (C=O) groups is 1. The second-order valence-electron chi connectivity index (χ2n) is 3.42. The lowest BCUT2D eigenvalue weighted by atomic mass is 10.6. The lowest BCUT2D eigenvalue weighted by Crippen LogP contribution is -2.37. The quantitative estimate of drug-likeness (QED) is 0.464. The molecule has 0 saturated heterocycles. The van der Waals surface area contributed by atoms with Crippen LogP contribution in [0.15, 0.2) is 11.1 Å². The third-order valence-corrected chi connectivity index (χ3v) is 3.56. The van der Waals surface area contributed by atoms with Crippen molar-refractivity contribution in [3.63, 3.8) is 0 Å². The molecule has 0 spiro atoms. The number of urea groups is 1. The Bertz CT molecular complexity index is 523. The van der Waals surface area contributed by atoms with Crippen LogP contribution in [-0.4, -0.2) is 37.3 Å². The Kier molecular flexibility index (Phi) is 4.50. The van der Waals surface area contributed by atoms with E-state index in [4.69, 9.17) is 11.5 Å². The van der Waals surface area contributed by atoms with Crippen molar-refractivity contribution in [2.45, 2.75) is 18.4 Å². The van der Waals surface area contributed by atoms with Gasteiger partial charge in [-0.3, -0.25) is 4.68 Å². The zero-order valence-corrected chi connectivity index (χ0v) is 10.7. The Morgan fingerprint density at radius 2 is 2.17 bits per heavy atom. The van der Waals surface area contributed by atoms with Crippen LogP contribution in [0, 0.1) is 0 Å². The Hall–Kier alpha value is -1.81. The third kappa shape index (κ3) is 3.60. The molecule has 0 saturated carbocycles. The molecule has 1 aromatic heterocycles. The summed E-state index contributed by atoms with van der Waals surface area (Å²) in [5.41, 5.74) is 10.4. The van der Waals surface area contributed by atoms with Gasteiger partial charge in [-0.15, -0.1) is 0 Å². The van der Waals surface area contributed by atoms with Crippen LogP contribution >= 0.6 is 0 Å². The highest BCUT2D eigenvalue weighted by Gasteiger charge is 2.20. The molecule has 0 fully saturated rings. The number of hydrogen-bond donors (Lipinski definition) is 4. The monoisotopic (exact) mass is 276 g/mol. The largest absolute Gasteiger partial charge is 0.381 e. The van der Waals surface area contributed by atoms with Crippen molar-refractivity contribution in [3.8, 4) is 0 Å². The molecule has 9 nitrogen and oxygen atoms in total. The first-order valence-electron chi connectivity index (χ1n) is 5.22. The molecule has 6 N–H and O–H groups in total. The number of aryl methyl sites for hydroxylation is 1. The molecular formula is C8H16N6O3S. The number of rotatable bonds is 6. The van der Waals surface area contributed by atoms with Gasteiger partial charge in [-0.1, -0.05) is 0 Å². The number of anilines is 1. The highest BCUT2D eigenvalue weighted by molar-refractivity contribution is 7.89. The molecule has 0 aliphatic carbocycles. The maximum Gasteiger partial charge on any atom is 0.312 e. The highest BCUT2D eigenvalue weighted by atomic mass is 32.2. The van der Waals surface area contributed by atoms with Crippen molar-refractivity contribution < 1.29 is 13.2 Å². The molecule has 1 aromatic rings. The fraction of sp³-hybridized carbons (Fsp3) is 0.500. The number of nitrogens with zero attached hydrogens (tertiary/aromatic N) is 2. The van der Waals surface area contributed by atoms with E-state index in [0.717, 1.165) is 0 Å². The first-order chi connectivity index (χ1) is 8.36. The van der Waals surface area contributed by atoms with Gasteiger partial charge in [0.15, 0.2) is 5.82 Å². The summed E-state index contributed by atoms with van der Waals surface area (Å²) in [6.07, 6.45) is 1.35. The van der Waals surface area contributed by atoms with Crippen LogP contribution in [0.25, 0.3) is 0 Å². The molecule has 1 heterocycles. The van der Waals surface area contributed by atoms with Crippen molar-refractivity contribution in [2.75, 3.05) is 18.8 Å². The molecular weight excluding hydrogens is 260 g/mol. The molecule has 0 radical (unpaired) electrons. The topological polar surface area (TPSA) is 145 Å². The van der Waals surface area contributed by atoms with Gasteiger partial charge in [0.2, 0.25) is 10.0 Å². The summed E-state index contributed by atoms with van der Waals surface area (Å²) >= 11 is 0. The van der Waals surface area contributed by atoms with Gasteiger partial charge in [0.25, 0.3) is 0 Å². The van der Waals surface area contributed by atoms with Crippen molar-refractivity contribution in [3.05, 3.63) is 6.20 Å². The molecule has 18 heavy (non-hydrogen) atoms.